The number of nitrogens with one attached hydrogen (secondary N) is 1. The van der Waals surface area contributed by atoms with Crippen LogP contribution >= 0.6 is 0 Å². The van der Waals surface area contributed by atoms with Gasteiger partial charge >= 0.3 is 6.03 Å². The lowest BCUT2D eigenvalue weighted by atomic mass is 10.6. The second-order valence-corrected chi connectivity index (χ2v) is 2.80. The predicted octanol–water partition coefficient (Wildman–Crippen LogP) is -0.218. The molecule has 0 aromatic rings. The number of carbonyl (C=O) groups excluding carboxylic acids is 1. The number of aliphatic hydroxyl groups excluding tert-OH is 1. The maximum Gasteiger partial charge on any atom is 0.317 e. The molecule has 1 rings (SSSR count). The van der Waals surface area contributed by atoms with E-state index >= 15 is 0 Å². The quantitative estimate of drug-likeness (QED) is 0.596. The standard InChI is InChI=1S/C7H14N2O2/c1-9(6-2-3-6)7(11)8-4-5-10/h6,10H,2-5H2,1H3,(H,8,11). The highest BCUT2D eigenvalue weighted by Gasteiger charge is 2.29. The number of aliphatic hydroxyl groups is 1. The van der Waals surface area contributed by atoms with Gasteiger partial charge in [-0.3, -0.25) is 0 Å². The monoisotopic (exact) mass is 158 g/mol. The van der Waals surface area contributed by atoms with Crippen molar-refractivity contribution < 1.29 is 9.90 Å². The number of carbonyl (C=O) groups is 1. The van der Waals surface area contributed by atoms with Gasteiger partial charge in [-0.2, -0.15) is 0 Å². The molecule has 4 nitrogen and oxygen atoms in total. The number of hydrogen-bond donors (Lipinski definition) is 2. The molecule has 0 radical (unpaired) electrons. The Morgan fingerprint density at radius 2 is 2.36 bits per heavy atom. The summed E-state index contributed by atoms with van der Waals surface area (Å²) in [6.45, 7) is 0.347. The smallest absolute Gasteiger partial charge is 0.317 e. The van der Waals surface area contributed by atoms with Crippen molar-refractivity contribution in [1.29, 1.82) is 0 Å². The van der Waals surface area contributed by atoms with Crippen LogP contribution in [0.4, 0.5) is 4.79 Å². The minimum Gasteiger partial charge on any atom is -0.395 e. The minimum atomic E-state index is -0.0819. The maximum atomic E-state index is 11.1. The van der Waals surface area contributed by atoms with Crippen LogP contribution < -0.4 is 5.32 Å². The van der Waals surface area contributed by atoms with Gasteiger partial charge in [0.15, 0.2) is 0 Å². The topological polar surface area (TPSA) is 52.6 Å². The predicted molar refractivity (Wildman–Crippen MR) is 41.3 cm³/mol. The molecule has 2 N–H and O–H groups in total. The molecule has 1 saturated carbocycles. The van der Waals surface area contributed by atoms with E-state index in [1.165, 1.54) is 0 Å². The lowest BCUT2D eigenvalue weighted by Crippen LogP contribution is -2.39. The van der Waals surface area contributed by atoms with Crippen LogP contribution in [0.2, 0.25) is 0 Å². The second-order valence-electron chi connectivity index (χ2n) is 2.80. The van der Waals surface area contributed by atoms with Crippen LogP contribution in [0.25, 0.3) is 0 Å². The van der Waals surface area contributed by atoms with Crippen molar-refractivity contribution in [2.24, 2.45) is 0 Å². The van der Waals surface area contributed by atoms with Gasteiger partial charge in [0.1, 0.15) is 0 Å². The molecular formula is C7H14N2O2. The summed E-state index contributed by atoms with van der Waals surface area (Å²) in [6.07, 6.45) is 2.23. The molecule has 0 aromatic heterocycles. The fourth-order valence-electron chi connectivity index (χ4n) is 0.915. The van der Waals surface area contributed by atoms with E-state index in [9.17, 15) is 4.79 Å². The molecule has 1 fully saturated rings. The molecule has 1 aliphatic rings. The Bertz CT molecular complexity index is 145. The van der Waals surface area contributed by atoms with E-state index in [1.54, 1.807) is 11.9 Å². The Balaban J connectivity index is 2.16. The van der Waals surface area contributed by atoms with Gasteiger partial charge in [-0.25, -0.2) is 4.79 Å². The summed E-state index contributed by atoms with van der Waals surface area (Å²) in [5, 5.41) is 11.0. The second kappa shape index (κ2) is 3.57. The highest BCUT2D eigenvalue weighted by atomic mass is 16.3. The average Bonchev–Trinajstić information content (AvgIpc) is 2.81. The van der Waals surface area contributed by atoms with Crippen molar-refractivity contribution in [3.05, 3.63) is 0 Å². The summed E-state index contributed by atoms with van der Waals surface area (Å²) in [5.41, 5.74) is 0. The molecule has 2 amide bonds. The van der Waals surface area contributed by atoms with Gasteiger partial charge in [0.25, 0.3) is 0 Å². The molecule has 0 aromatic carbocycles. The van der Waals surface area contributed by atoms with E-state index in [-0.39, 0.29) is 12.6 Å². The van der Waals surface area contributed by atoms with Crippen molar-refractivity contribution >= 4 is 6.03 Å². The molecular weight excluding hydrogens is 144 g/mol. The van der Waals surface area contributed by atoms with Crippen LogP contribution in [0.3, 0.4) is 0 Å². The molecule has 64 valence electrons. The molecule has 0 bridgehead atoms. The van der Waals surface area contributed by atoms with Gasteiger partial charge < -0.3 is 15.3 Å². The lowest BCUT2D eigenvalue weighted by molar-refractivity contribution is 0.202. The molecule has 0 unspecified atom stereocenters. The number of nitrogens with zero attached hydrogens (tertiary/aromatic N) is 1. The fourth-order valence-corrected chi connectivity index (χ4v) is 0.915. The third-order valence-electron chi connectivity index (χ3n) is 1.80. The Kier molecular flexibility index (Phi) is 2.70. The molecule has 0 spiro atoms. The largest absolute Gasteiger partial charge is 0.395 e. The third kappa shape index (κ3) is 2.38. The van der Waals surface area contributed by atoms with Gasteiger partial charge in [-0.1, -0.05) is 0 Å². The van der Waals surface area contributed by atoms with Crippen LogP contribution in [-0.2, 0) is 0 Å². The Morgan fingerprint density at radius 3 is 2.82 bits per heavy atom. The molecule has 4 heteroatoms. The zero-order valence-corrected chi connectivity index (χ0v) is 6.71. The van der Waals surface area contributed by atoms with Gasteiger partial charge in [0.2, 0.25) is 0 Å². The summed E-state index contributed by atoms with van der Waals surface area (Å²) in [5.74, 6) is 0. The molecule has 0 saturated heterocycles. The third-order valence-corrected chi connectivity index (χ3v) is 1.80. The fraction of sp³-hybridized carbons (Fsp3) is 0.857. The van der Waals surface area contributed by atoms with Gasteiger partial charge in [-0.05, 0) is 12.8 Å². The molecule has 11 heavy (non-hydrogen) atoms. The SMILES string of the molecule is CN(C(=O)NCCO)C1CC1. The van der Waals surface area contributed by atoms with E-state index in [0.717, 1.165) is 12.8 Å². The maximum absolute atomic E-state index is 11.1. The van der Waals surface area contributed by atoms with E-state index in [2.05, 4.69) is 5.32 Å². The highest BCUT2D eigenvalue weighted by molar-refractivity contribution is 5.74. The van der Waals surface area contributed by atoms with Gasteiger partial charge in [0.05, 0.1) is 6.61 Å². The van der Waals surface area contributed by atoms with E-state index < -0.39 is 0 Å². The number of urea groups is 1. The van der Waals surface area contributed by atoms with Gasteiger partial charge in [0, 0.05) is 19.6 Å². The van der Waals surface area contributed by atoms with Crippen LogP contribution in [0.15, 0.2) is 0 Å². The summed E-state index contributed by atoms with van der Waals surface area (Å²) in [4.78, 5) is 12.8. The van der Waals surface area contributed by atoms with Crippen molar-refractivity contribution in [3.8, 4) is 0 Å². The first-order valence-electron chi connectivity index (χ1n) is 3.87. The lowest BCUT2D eigenvalue weighted by Gasteiger charge is -2.16. The van der Waals surface area contributed by atoms with Crippen molar-refractivity contribution in [3.63, 3.8) is 0 Å². The number of hydrogen-bond acceptors (Lipinski definition) is 2. The summed E-state index contributed by atoms with van der Waals surface area (Å²) in [7, 11) is 1.78. The van der Waals surface area contributed by atoms with Crippen LogP contribution in [0, 0.1) is 0 Å². The summed E-state index contributed by atoms with van der Waals surface area (Å²) < 4.78 is 0. The van der Waals surface area contributed by atoms with Crippen molar-refractivity contribution in [1.82, 2.24) is 10.2 Å². The Labute approximate surface area is 66.2 Å². The van der Waals surface area contributed by atoms with Crippen LogP contribution in [-0.4, -0.2) is 42.3 Å². The first-order valence-corrected chi connectivity index (χ1v) is 3.87. The minimum absolute atomic E-state index is 0.00421. The van der Waals surface area contributed by atoms with Crippen LogP contribution in [0.5, 0.6) is 0 Å². The highest BCUT2D eigenvalue weighted by Crippen LogP contribution is 2.24. The van der Waals surface area contributed by atoms with E-state index in [4.69, 9.17) is 5.11 Å². The zero-order valence-electron chi connectivity index (χ0n) is 6.71. The first kappa shape index (κ1) is 8.33. The molecule has 0 aliphatic heterocycles. The normalized spacial score (nSPS) is 16.2. The number of amides is 2. The Hall–Kier alpha value is -0.770. The number of rotatable bonds is 3. The average molecular weight is 158 g/mol. The van der Waals surface area contributed by atoms with E-state index in [0.29, 0.717) is 12.6 Å². The first-order chi connectivity index (χ1) is 5.25. The van der Waals surface area contributed by atoms with Crippen molar-refractivity contribution in [2.75, 3.05) is 20.2 Å². The summed E-state index contributed by atoms with van der Waals surface area (Å²) in [6, 6.07) is 0.357. The summed E-state index contributed by atoms with van der Waals surface area (Å²) >= 11 is 0. The zero-order chi connectivity index (χ0) is 8.27. The van der Waals surface area contributed by atoms with Crippen LogP contribution in [0.1, 0.15) is 12.8 Å². The Morgan fingerprint density at radius 1 is 1.73 bits per heavy atom. The molecule has 1 aliphatic carbocycles. The molecule has 0 heterocycles. The van der Waals surface area contributed by atoms with Crippen molar-refractivity contribution in [2.45, 2.75) is 18.9 Å². The molecule has 0 atom stereocenters. The van der Waals surface area contributed by atoms with Gasteiger partial charge in [-0.15, -0.1) is 0 Å². The van der Waals surface area contributed by atoms with E-state index in [1.807, 2.05) is 0 Å².